The zero-order valence-electron chi connectivity index (χ0n) is 17.5. The summed E-state index contributed by atoms with van der Waals surface area (Å²) < 4.78 is 27.8. The number of sulfonamides is 1. The molecule has 0 radical (unpaired) electrons. The molecule has 3 aromatic carbocycles. The average Bonchev–Trinajstić information content (AvgIpc) is 2.78. The van der Waals surface area contributed by atoms with Crippen LogP contribution < -0.4 is 9.62 Å². The van der Waals surface area contributed by atoms with Crippen LogP contribution in [0.15, 0.2) is 83.8 Å². The fraction of sp³-hybridized carbons (Fsp3) is 0.208. The molecule has 0 aliphatic rings. The van der Waals surface area contributed by atoms with Crippen LogP contribution >= 0.6 is 11.6 Å². The molecule has 31 heavy (non-hydrogen) atoms. The number of hydrogen-bond donors (Lipinski definition) is 1. The Morgan fingerprint density at radius 2 is 1.58 bits per heavy atom. The first-order valence-electron chi connectivity index (χ1n) is 10.0. The quantitative estimate of drug-likeness (QED) is 0.512. The highest BCUT2D eigenvalue weighted by Gasteiger charge is 2.27. The lowest BCUT2D eigenvalue weighted by molar-refractivity contribution is -0.120. The van der Waals surface area contributed by atoms with E-state index in [1.54, 1.807) is 42.5 Å². The van der Waals surface area contributed by atoms with Crippen LogP contribution in [-0.2, 0) is 14.8 Å². The van der Waals surface area contributed by atoms with E-state index >= 15 is 0 Å². The highest BCUT2D eigenvalue weighted by molar-refractivity contribution is 7.92. The first kappa shape index (κ1) is 22.8. The second-order valence-electron chi connectivity index (χ2n) is 7.24. The van der Waals surface area contributed by atoms with Crippen LogP contribution in [-0.4, -0.2) is 20.9 Å². The van der Waals surface area contributed by atoms with Gasteiger partial charge in [-0.05, 0) is 55.3 Å². The van der Waals surface area contributed by atoms with Gasteiger partial charge in [0, 0.05) is 5.02 Å². The van der Waals surface area contributed by atoms with Crippen molar-refractivity contribution < 1.29 is 13.2 Å². The lowest BCUT2D eigenvalue weighted by Crippen LogP contribution is -2.42. The Bertz CT molecular complexity index is 1120. The van der Waals surface area contributed by atoms with Gasteiger partial charge in [0.05, 0.1) is 16.6 Å². The van der Waals surface area contributed by atoms with Crippen LogP contribution in [0.3, 0.4) is 0 Å². The molecule has 162 valence electrons. The molecular formula is C24H25ClN2O3S. The average molecular weight is 457 g/mol. The SMILES string of the molecule is CC[C@H](NC(=O)CN(c1ccc(Cl)cc1)S(=O)(=O)c1ccccc1)c1ccc(C)cc1. The summed E-state index contributed by atoms with van der Waals surface area (Å²) in [6.07, 6.45) is 0.682. The van der Waals surface area contributed by atoms with Crippen LogP contribution in [0, 0.1) is 6.92 Å². The van der Waals surface area contributed by atoms with E-state index in [-0.39, 0.29) is 23.4 Å². The van der Waals surface area contributed by atoms with E-state index in [4.69, 9.17) is 11.6 Å². The Morgan fingerprint density at radius 3 is 2.16 bits per heavy atom. The van der Waals surface area contributed by atoms with Gasteiger partial charge >= 0.3 is 0 Å². The molecule has 0 unspecified atom stereocenters. The zero-order valence-corrected chi connectivity index (χ0v) is 19.0. The minimum absolute atomic E-state index is 0.114. The van der Waals surface area contributed by atoms with E-state index in [0.717, 1.165) is 15.4 Å². The summed E-state index contributed by atoms with van der Waals surface area (Å²) in [5.41, 5.74) is 2.48. The van der Waals surface area contributed by atoms with E-state index in [1.165, 1.54) is 12.1 Å². The van der Waals surface area contributed by atoms with Gasteiger partial charge in [-0.2, -0.15) is 0 Å². The minimum atomic E-state index is -3.95. The Morgan fingerprint density at radius 1 is 0.968 bits per heavy atom. The molecule has 0 aliphatic heterocycles. The molecule has 1 atom stereocenters. The lowest BCUT2D eigenvalue weighted by atomic mass is 10.0. The number of amides is 1. The van der Waals surface area contributed by atoms with Crippen LogP contribution in [0.2, 0.25) is 5.02 Å². The molecule has 0 saturated carbocycles. The number of rotatable bonds is 8. The summed E-state index contributed by atoms with van der Waals surface area (Å²) in [6, 6.07) is 22.2. The summed E-state index contributed by atoms with van der Waals surface area (Å²) in [5, 5.41) is 3.45. The monoisotopic (exact) mass is 456 g/mol. The molecular weight excluding hydrogens is 432 g/mol. The molecule has 7 heteroatoms. The van der Waals surface area contributed by atoms with Crippen LogP contribution in [0.5, 0.6) is 0 Å². The van der Waals surface area contributed by atoms with Crippen molar-refractivity contribution in [3.05, 3.63) is 95.0 Å². The number of anilines is 1. The second kappa shape index (κ2) is 9.98. The van der Waals surface area contributed by atoms with Crippen molar-refractivity contribution in [1.29, 1.82) is 0 Å². The normalized spacial score (nSPS) is 12.2. The molecule has 1 N–H and O–H groups in total. The van der Waals surface area contributed by atoms with Crippen molar-refractivity contribution in [2.45, 2.75) is 31.2 Å². The first-order chi connectivity index (χ1) is 14.8. The van der Waals surface area contributed by atoms with Crippen molar-refractivity contribution in [2.75, 3.05) is 10.8 Å². The van der Waals surface area contributed by atoms with Gasteiger partial charge < -0.3 is 5.32 Å². The number of nitrogens with zero attached hydrogens (tertiary/aromatic N) is 1. The molecule has 3 rings (SSSR count). The van der Waals surface area contributed by atoms with Gasteiger partial charge in [-0.15, -0.1) is 0 Å². The topological polar surface area (TPSA) is 66.5 Å². The molecule has 0 bridgehead atoms. The number of hydrogen-bond acceptors (Lipinski definition) is 3. The molecule has 3 aromatic rings. The summed E-state index contributed by atoms with van der Waals surface area (Å²) in [7, 11) is -3.95. The molecule has 0 saturated heterocycles. The number of carbonyl (C=O) groups is 1. The van der Waals surface area contributed by atoms with E-state index in [0.29, 0.717) is 17.1 Å². The Kier molecular flexibility index (Phi) is 7.36. The number of benzene rings is 3. The number of aryl methyl sites for hydroxylation is 1. The summed E-state index contributed by atoms with van der Waals surface area (Å²) >= 11 is 5.97. The Labute approximate surface area is 188 Å². The largest absolute Gasteiger partial charge is 0.348 e. The van der Waals surface area contributed by atoms with E-state index in [9.17, 15) is 13.2 Å². The lowest BCUT2D eigenvalue weighted by Gasteiger charge is -2.26. The molecule has 1 amide bonds. The summed E-state index contributed by atoms with van der Waals surface area (Å²) in [4.78, 5) is 13.1. The minimum Gasteiger partial charge on any atom is -0.348 e. The van der Waals surface area contributed by atoms with E-state index in [1.807, 2.05) is 38.1 Å². The van der Waals surface area contributed by atoms with Gasteiger partial charge in [0.25, 0.3) is 10.0 Å². The molecule has 0 aliphatic carbocycles. The number of nitrogens with one attached hydrogen (secondary N) is 1. The molecule has 0 spiro atoms. The second-order valence-corrected chi connectivity index (χ2v) is 9.54. The van der Waals surface area contributed by atoms with Crippen molar-refractivity contribution >= 4 is 33.2 Å². The van der Waals surface area contributed by atoms with Gasteiger partial charge in [-0.1, -0.05) is 66.6 Å². The zero-order chi connectivity index (χ0) is 22.4. The predicted octanol–water partition coefficient (Wildman–Crippen LogP) is 5.11. The van der Waals surface area contributed by atoms with Crippen LogP contribution in [0.4, 0.5) is 5.69 Å². The third-order valence-corrected chi connectivity index (χ3v) is 7.00. The molecule has 5 nitrogen and oxygen atoms in total. The van der Waals surface area contributed by atoms with Crippen molar-refractivity contribution in [3.8, 4) is 0 Å². The van der Waals surface area contributed by atoms with Crippen molar-refractivity contribution in [3.63, 3.8) is 0 Å². The smallest absolute Gasteiger partial charge is 0.264 e. The fourth-order valence-corrected chi connectivity index (χ4v) is 4.80. The Hall–Kier alpha value is -2.83. The van der Waals surface area contributed by atoms with Gasteiger partial charge in [0.15, 0.2) is 0 Å². The maximum Gasteiger partial charge on any atom is 0.264 e. The summed E-state index contributed by atoms with van der Waals surface area (Å²) in [5.74, 6) is -0.387. The first-order valence-corrected chi connectivity index (χ1v) is 11.8. The number of halogens is 1. The molecule has 0 aromatic heterocycles. The predicted molar refractivity (Wildman–Crippen MR) is 125 cm³/mol. The maximum absolute atomic E-state index is 13.3. The summed E-state index contributed by atoms with van der Waals surface area (Å²) in [6.45, 7) is 3.63. The van der Waals surface area contributed by atoms with Crippen molar-refractivity contribution in [2.24, 2.45) is 0 Å². The maximum atomic E-state index is 13.3. The van der Waals surface area contributed by atoms with E-state index in [2.05, 4.69) is 5.32 Å². The fourth-order valence-electron chi connectivity index (χ4n) is 3.23. The third-order valence-electron chi connectivity index (χ3n) is 4.96. The highest BCUT2D eigenvalue weighted by Crippen LogP contribution is 2.25. The van der Waals surface area contributed by atoms with Crippen molar-refractivity contribution in [1.82, 2.24) is 5.32 Å². The number of carbonyl (C=O) groups excluding carboxylic acids is 1. The van der Waals surface area contributed by atoms with Gasteiger partial charge in [-0.25, -0.2) is 8.42 Å². The molecule has 0 fully saturated rings. The van der Waals surface area contributed by atoms with Crippen LogP contribution in [0.25, 0.3) is 0 Å². The molecule has 0 heterocycles. The Balaban J connectivity index is 1.88. The third kappa shape index (κ3) is 5.66. The van der Waals surface area contributed by atoms with Gasteiger partial charge in [-0.3, -0.25) is 9.10 Å². The van der Waals surface area contributed by atoms with Crippen LogP contribution in [0.1, 0.15) is 30.5 Å². The van der Waals surface area contributed by atoms with Gasteiger partial charge in [0.2, 0.25) is 5.91 Å². The standard InChI is InChI=1S/C24H25ClN2O3S/c1-3-23(19-11-9-18(2)10-12-19)26-24(28)17-27(21-15-13-20(25)14-16-21)31(29,30)22-7-5-4-6-8-22/h4-16,23H,3,17H2,1-2H3,(H,26,28)/t23-/m0/s1. The van der Waals surface area contributed by atoms with E-state index < -0.39 is 10.0 Å². The highest BCUT2D eigenvalue weighted by atomic mass is 35.5. The van der Waals surface area contributed by atoms with Gasteiger partial charge in [0.1, 0.15) is 6.54 Å².